The Morgan fingerprint density at radius 1 is 1.10 bits per heavy atom. The lowest BCUT2D eigenvalue weighted by molar-refractivity contribution is -0.131. The molecular formula is C23H38N4O2. The Kier molecular flexibility index (Phi) is 9.45. The Balaban J connectivity index is 1.76. The van der Waals surface area contributed by atoms with E-state index in [2.05, 4.69) is 41.6 Å². The van der Waals surface area contributed by atoms with Crippen molar-refractivity contribution < 1.29 is 9.90 Å². The molecule has 1 aliphatic rings. The Morgan fingerprint density at radius 3 is 2.28 bits per heavy atom. The third-order valence-corrected chi connectivity index (χ3v) is 5.36. The number of aliphatic hydroxyl groups is 1. The number of fused-ring (bicyclic) bond motifs is 1. The zero-order valence-electron chi connectivity index (χ0n) is 18.3. The summed E-state index contributed by atoms with van der Waals surface area (Å²) in [6, 6.07) is 8.25. The second-order valence-electron chi connectivity index (χ2n) is 7.97. The number of guanidine groups is 1. The van der Waals surface area contributed by atoms with E-state index >= 15 is 0 Å². The highest BCUT2D eigenvalue weighted by Gasteiger charge is 2.25. The van der Waals surface area contributed by atoms with Gasteiger partial charge in [0.25, 0.3) is 0 Å². The van der Waals surface area contributed by atoms with Gasteiger partial charge in [0.15, 0.2) is 5.96 Å². The number of amides is 1. The Morgan fingerprint density at radius 2 is 1.72 bits per heavy atom. The van der Waals surface area contributed by atoms with Gasteiger partial charge in [-0.05, 0) is 37.3 Å². The maximum Gasteiger partial charge on any atom is 0.223 e. The summed E-state index contributed by atoms with van der Waals surface area (Å²) in [5.74, 6) is 0.907. The highest BCUT2D eigenvalue weighted by molar-refractivity contribution is 5.80. The number of hydrogen-bond acceptors (Lipinski definition) is 3. The molecule has 0 atom stereocenters. The molecule has 0 aliphatic carbocycles. The van der Waals surface area contributed by atoms with Crippen molar-refractivity contribution in [2.24, 2.45) is 4.99 Å². The zero-order chi connectivity index (χ0) is 21.1. The first-order chi connectivity index (χ1) is 14.0. The first kappa shape index (κ1) is 23.2. The van der Waals surface area contributed by atoms with Crippen molar-refractivity contribution in [1.29, 1.82) is 0 Å². The van der Waals surface area contributed by atoms with E-state index in [1.165, 1.54) is 11.1 Å². The molecule has 0 fully saturated rings. The summed E-state index contributed by atoms with van der Waals surface area (Å²) < 4.78 is 0. The SMILES string of the molecule is CCCC(O)(CCC)CN=C(NCC)NCCCC(=O)N1Cc2ccccc2C1. The van der Waals surface area contributed by atoms with E-state index in [4.69, 9.17) is 0 Å². The van der Waals surface area contributed by atoms with Crippen LogP contribution in [-0.4, -0.2) is 47.1 Å². The molecule has 0 aromatic heterocycles. The van der Waals surface area contributed by atoms with Gasteiger partial charge in [-0.15, -0.1) is 0 Å². The molecule has 0 unspecified atom stereocenters. The molecule has 2 rings (SSSR count). The van der Waals surface area contributed by atoms with E-state index in [9.17, 15) is 9.90 Å². The average molecular weight is 403 g/mol. The number of nitrogens with one attached hydrogen (secondary N) is 2. The van der Waals surface area contributed by atoms with Crippen LogP contribution in [-0.2, 0) is 17.9 Å². The summed E-state index contributed by atoms with van der Waals surface area (Å²) >= 11 is 0. The van der Waals surface area contributed by atoms with Gasteiger partial charge >= 0.3 is 0 Å². The van der Waals surface area contributed by atoms with Crippen molar-refractivity contribution in [2.75, 3.05) is 19.6 Å². The van der Waals surface area contributed by atoms with Crippen molar-refractivity contribution >= 4 is 11.9 Å². The predicted molar refractivity (Wildman–Crippen MR) is 119 cm³/mol. The highest BCUT2D eigenvalue weighted by Crippen LogP contribution is 2.23. The first-order valence-corrected chi connectivity index (χ1v) is 11.1. The van der Waals surface area contributed by atoms with Crippen LogP contribution in [0.4, 0.5) is 0 Å². The molecule has 1 aromatic rings. The number of carbonyl (C=O) groups excluding carboxylic acids is 1. The minimum atomic E-state index is -0.730. The number of benzene rings is 1. The van der Waals surface area contributed by atoms with Gasteiger partial charge in [-0.25, -0.2) is 0 Å². The topological polar surface area (TPSA) is 77.0 Å². The van der Waals surface area contributed by atoms with Crippen molar-refractivity contribution in [3.63, 3.8) is 0 Å². The number of aliphatic imine (C=N–C) groups is 1. The van der Waals surface area contributed by atoms with Gasteiger partial charge in [0.1, 0.15) is 0 Å². The molecule has 1 aromatic carbocycles. The van der Waals surface area contributed by atoms with Crippen LogP contribution in [0.25, 0.3) is 0 Å². The Bertz CT molecular complexity index is 644. The standard InChI is InChI=1S/C23H38N4O2/c1-4-13-23(29,14-5-2)18-26-22(24-6-3)25-15-9-12-21(28)27-16-19-10-7-8-11-20(19)17-27/h7-8,10-11,29H,4-6,9,12-18H2,1-3H3,(H2,24,25,26). The number of nitrogens with zero attached hydrogens (tertiary/aromatic N) is 2. The molecule has 0 saturated heterocycles. The number of hydrogen-bond donors (Lipinski definition) is 3. The quantitative estimate of drug-likeness (QED) is 0.302. The number of carbonyl (C=O) groups is 1. The van der Waals surface area contributed by atoms with E-state index in [0.29, 0.717) is 25.5 Å². The molecule has 0 spiro atoms. The van der Waals surface area contributed by atoms with Gasteiger partial charge in [0.05, 0.1) is 12.1 Å². The lowest BCUT2D eigenvalue weighted by atomic mass is 9.93. The molecule has 0 radical (unpaired) electrons. The van der Waals surface area contributed by atoms with Gasteiger partial charge in [0.2, 0.25) is 5.91 Å². The maximum absolute atomic E-state index is 12.5. The molecular weight excluding hydrogens is 364 g/mol. The minimum absolute atomic E-state index is 0.199. The Labute approximate surface area is 175 Å². The lowest BCUT2D eigenvalue weighted by Gasteiger charge is -2.26. The van der Waals surface area contributed by atoms with Crippen molar-refractivity contribution in [2.45, 2.75) is 78.0 Å². The van der Waals surface area contributed by atoms with Crippen LogP contribution in [0.5, 0.6) is 0 Å². The molecule has 29 heavy (non-hydrogen) atoms. The minimum Gasteiger partial charge on any atom is -0.388 e. The van der Waals surface area contributed by atoms with Gasteiger partial charge in [0, 0.05) is 32.6 Å². The summed E-state index contributed by atoms with van der Waals surface area (Å²) in [5.41, 5.74) is 1.78. The predicted octanol–water partition coefficient (Wildman–Crippen LogP) is 3.20. The summed E-state index contributed by atoms with van der Waals surface area (Å²) in [4.78, 5) is 19.0. The van der Waals surface area contributed by atoms with Crippen molar-refractivity contribution in [3.8, 4) is 0 Å². The fourth-order valence-corrected chi connectivity index (χ4v) is 3.90. The molecule has 0 saturated carbocycles. The van der Waals surface area contributed by atoms with Crippen LogP contribution >= 0.6 is 0 Å². The van der Waals surface area contributed by atoms with Crippen LogP contribution in [0, 0.1) is 0 Å². The molecule has 1 heterocycles. The smallest absolute Gasteiger partial charge is 0.223 e. The van der Waals surface area contributed by atoms with Crippen LogP contribution in [0.15, 0.2) is 29.3 Å². The third-order valence-electron chi connectivity index (χ3n) is 5.36. The lowest BCUT2D eigenvalue weighted by Crippen LogP contribution is -2.40. The van der Waals surface area contributed by atoms with Gasteiger partial charge in [-0.3, -0.25) is 9.79 Å². The molecule has 6 heteroatoms. The number of rotatable bonds is 11. The van der Waals surface area contributed by atoms with E-state index in [1.807, 2.05) is 24.0 Å². The van der Waals surface area contributed by atoms with Crippen LogP contribution in [0.2, 0.25) is 0 Å². The Hall–Kier alpha value is -2.08. The summed E-state index contributed by atoms with van der Waals surface area (Å²) in [7, 11) is 0. The zero-order valence-corrected chi connectivity index (χ0v) is 18.3. The van der Waals surface area contributed by atoms with Gasteiger partial charge in [-0.1, -0.05) is 51.0 Å². The fourth-order valence-electron chi connectivity index (χ4n) is 3.90. The van der Waals surface area contributed by atoms with Crippen molar-refractivity contribution in [1.82, 2.24) is 15.5 Å². The van der Waals surface area contributed by atoms with Crippen LogP contribution < -0.4 is 10.6 Å². The normalized spacial score (nSPS) is 14.1. The van der Waals surface area contributed by atoms with Crippen LogP contribution in [0.1, 0.15) is 70.4 Å². The largest absolute Gasteiger partial charge is 0.388 e. The molecule has 6 nitrogen and oxygen atoms in total. The van der Waals surface area contributed by atoms with E-state index in [-0.39, 0.29) is 5.91 Å². The van der Waals surface area contributed by atoms with Crippen molar-refractivity contribution in [3.05, 3.63) is 35.4 Å². The monoisotopic (exact) mass is 402 g/mol. The molecule has 162 valence electrons. The van der Waals surface area contributed by atoms with E-state index < -0.39 is 5.60 Å². The summed E-state index contributed by atoms with van der Waals surface area (Å²) in [5, 5.41) is 17.3. The first-order valence-electron chi connectivity index (χ1n) is 11.1. The molecule has 0 bridgehead atoms. The third kappa shape index (κ3) is 7.35. The summed E-state index contributed by atoms with van der Waals surface area (Å²) in [6.07, 6.45) is 4.68. The second-order valence-corrected chi connectivity index (χ2v) is 7.97. The van der Waals surface area contributed by atoms with Gasteiger partial charge < -0.3 is 20.6 Å². The average Bonchev–Trinajstić information content (AvgIpc) is 3.14. The molecule has 1 aliphatic heterocycles. The van der Waals surface area contributed by atoms with E-state index in [1.54, 1.807) is 0 Å². The van der Waals surface area contributed by atoms with Crippen LogP contribution in [0.3, 0.4) is 0 Å². The molecule has 3 N–H and O–H groups in total. The second kappa shape index (κ2) is 11.8. The van der Waals surface area contributed by atoms with E-state index in [0.717, 1.165) is 51.7 Å². The fraction of sp³-hybridized carbons (Fsp3) is 0.652. The highest BCUT2D eigenvalue weighted by atomic mass is 16.3. The van der Waals surface area contributed by atoms with Gasteiger partial charge in [-0.2, -0.15) is 0 Å². The maximum atomic E-state index is 12.5. The molecule has 1 amide bonds. The summed E-state index contributed by atoms with van der Waals surface area (Å²) in [6.45, 7) is 9.48.